The molecule has 2 aromatic heterocycles. The summed E-state index contributed by atoms with van der Waals surface area (Å²) in [6, 6.07) is 13.6. The van der Waals surface area contributed by atoms with Crippen molar-refractivity contribution in [2.45, 2.75) is 27.7 Å². The zero-order chi connectivity index (χ0) is 29.1. The van der Waals surface area contributed by atoms with Crippen LogP contribution >= 0.6 is 0 Å². The van der Waals surface area contributed by atoms with Gasteiger partial charge in [-0.15, -0.1) is 0 Å². The van der Waals surface area contributed by atoms with Gasteiger partial charge in [0.05, 0.1) is 30.1 Å². The fraction of sp³-hybridized carbons (Fsp3) is 0.281. The lowest BCUT2D eigenvalue weighted by atomic mass is 10.00. The van der Waals surface area contributed by atoms with E-state index in [-0.39, 0.29) is 11.8 Å². The zero-order valence-corrected chi connectivity index (χ0v) is 24.2. The predicted molar refractivity (Wildman–Crippen MR) is 162 cm³/mol. The standard InChI is InChI=1S/C32H36N6O3/c1-6-37(7-2)14-13-33-32(40)30-20(3)29(35-21(30)4)17-27-26-15-22(11-12-28(26)36-31(27)39)23-18-34-38(19-23)24-9-8-10-25(16-24)41-5/h8-12,15-19,35H,6-7,13-14H2,1-5H3,(H,33,40)(H,36,39)/b27-17-. The Morgan fingerprint density at radius 2 is 1.93 bits per heavy atom. The molecule has 3 heterocycles. The van der Waals surface area contributed by atoms with Gasteiger partial charge in [-0.3, -0.25) is 9.59 Å². The molecule has 212 valence electrons. The lowest BCUT2D eigenvalue weighted by molar-refractivity contribution is -0.110. The number of ether oxygens (including phenoxy) is 1. The molecular formula is C32H36N6O3. The van der Waals surface area contributed by atoms with Gasteiger partial charge in [0.2, 0.25) is 0 Å². The molecular weight excluding hydrogens is 516 g/mol. The van der Waals surface area contributed by atoms with Gasteiger partial charge in [0.15, 0.2) is 0 Å². The van der Waals surface area contributed by atoms with Crippen LogP contribution in [0.2, 0.25) is 0 Å². The van der Waals surface area contributed by atoms with Crippen molar-refractivity contribution in [2.24, 2.45) is 0 Å². The number of nitrogens with one attached hydrogen (secondary N) is 3. The van der Waals surface area contributed by atoms with Gasteiger partial charge in [-0.1, -0.05) is 26.0 Å². The lowest BCUT2D eigenvalue weighted by Gasteiger charge is -2.18. The smallest absolute Gasteiger partial charge is 0.256 e. The van der Waals surface area contributed by atoms with Crippen LogP contribution in [0.15, 0.2) is 54.9 Å². The van der Waals surface area contributed by atoms with Crippen LogP contribution in [-0.2, 0) is 4.79 Å². The molecule has 0 saturated carbocycles. The van der Waals surface area contributed by atoms with Crippen molar-refractivity contribution >= 4 is 29.2 Å². The van der Waals surface area contributed by atoms with Gasteiger partial charge in [-0.05, 0) is 68.4 Å². The molecule has 1 aliphatic rings. The maximum atomic E-state index is 13.0. The number of hydrogen-bond acceptors (Lipinski definition) is 5. The largest absolute Gasteiger partial charge is 0.497 e. The molecule has 9 nitrogen and oxygen atoms in total. The van der Waals surface area contributed by atoms with Crippen molar-refractivity contribution in [3.8, 4) is 22.6 Å². The quantitative estimate of drug-likeness (QED) is 0.239. The predicted octanol–water partition coefficient (Wildman–Crippen LogP) is 5.06. The number of carbonyl (C=O) groups excluding carboxylic acids is 2. The fourth-order valence-corrected chi connectivity index (χ4v) is 5.24. The molecule has 0 bridgehead atoms. The summed E-state index contributed by atoms with van der Waals surface area (Å²) in [5.41, 5.74) is 7.79. The summed E-state index contributed by atoms with van der Waals surface area (Å²) in [4.78, 5) is 31.6. The third kappa shape index (κ3) is 5.67. The van der Waals surface area contributed by atoms with Crippen molar-refractivity contribution in [1.82, 2.24) is 25.0 Å². The number of carbonyl (C=O) groups is 2. The Labute approximate surface area is 240 Å². The highest BCUT2D eigenvalue weighted by Crippen LogP contribution is 2.37. The number of hydrogen-bond donors (Lipinski definition) is 3. The molecule has 5 rings (SSSR count). The minimum absolute atomic E-state index is 0.111. The number of aromatic nitrogens is 3. The minimum Gasteiger partial charge on any atom is -0.497 e. The van der Waals surface area contributed by atoms with Gasteiger partial charge < -0.3 is 25.3 Å². The monoisotopic (exact) mass is 552 g/mol. The van der Waals surface area contributed by atoms with Crippen LogP contribution in [-0.4, -0.2) is 64.8 Å². The molecule has 41 heavy (non-hydrogen) atoms. The first-order valence-electron chi connectivity index (χ1n) is 13.9. The van der Waals surface area contributed by atoms with Crippen molar-refractivity contribution in [3.63, 3.8) is 0 Å². The number of likely N-dealkylation sites (N-methyl/N-ethyl adjacent to an activating group) is 1. The third-order valence-electron chi connectivity index (χ3n) is 7.64. The third-order valence-corrected chi connectivity index (χ3v) is 7.64. The Morgan fingerprint density at radius 3 is 2.68 bits per heavy atom. The average Bonchev–Trinajstić information content (AvgIpc) is 3.67. The summed E-state index contributed by atoms with van der Waals surface area (Å²) < 4.78 is 7.14. The molecule has 2 aromatic carbocycles. The van der Waals surface area contributed by atoms with E-state index in [4.69, 9.17) is 4.74 Å². The number of rotatable bonds is 10. The van der Waals surface area contributed by atoms with Crippen molar-refractivity contribution in [1.29, 1.82) is 0 Å². The summed E-state index contributed by atoms with van der Waals surface area (Å²) in [6.07, 6.45) is 5.59. The number of H-pyrrole nitrogens is 1. The molecule has 1 aliphatic heterocycles. The SMILES string of the molecule is CCN(CC)CCNC(=O)c1c(C)[nH]c(/C=C2\C(=O)Nc3ccc(-c4cnn(-c5cccc(OC)c5)c4)cc32)c1C. The molecule has 4 aromatic rings. The molecule has 3 N–H and O–H groups in total. The number of amides is 2. The minimum atomic E-state index is -0.180. The normalized spacial score (nSPS) is 13.5. The van der Waals surface area contributed by atoms with Gasteiger partial charge in [0.1, 0.15) is 5.75 Å². The van der Waals surface area contributed by atoms with E-state index in [1.807, 2.05) is 68.6 Å². The molecule has 0 unspecified atom stereocenters. The molecule has 0 aliphatic carbocycles. The van der Waals surface area contributed by atoms with Gasteiger partial charge >= 0.3 is 0 Å². The summed E-state index contributed by atoms with van der Waals surface area (Å²) in [7, 11) is 1.64. The first-order chi connectivity index (χ1) is 19.8. The second-order valence-electron chi connectivity index (χ2n) is 10.1. The lowest BCUT2D eigenvalue weighted by Crippen LogP contribution is -2.35. The molecule has 0 fully saturated rings. The zero-order valence-electron chi connectivity index (χ0n) is 24.2. The van der Waals surface area contributed by atoms with E-state index in [0.29, 0.717) is 17.7 Å². The van der Waals surface area contributed by atoms with Crippen LogP contribution in [0.4, 0.5) is 5.69 Å². The van der Waals surface area contributed by atoms with Crippen LogP contribution in [0.5, 0.6) is 5.75 Å². The molecule has 9 heteroatoms. The Morgan fingerprint density at radius 1 is 1.12 bits per heavy atom. The molecule has 0 radical (unpaired) electrons. The number of fused-ring (bicyclic) bond motifs is 1. The Hall–Kier alpha value is -4.63. The van der Waals surface area contributed by atoms with Gasteiger partial charge in [-0.25, -0.2) is 4.68 Å². The van der Waals surface area contributed by atoms with Crippen molar-refractivity contribution in [2.75, 3.05) is 38.6 Å². The van der Waals surface area contributed by atoms with Crippen LogP contribution < -0.4 is 15.4 Å². The van der Waals surface area contributed by atoms with E-state index >= 15 is 0 Å². The first-order valence-corrected chi connectivity index (χ1v) is 13.9. The number of methoxy groups -OCH3 is 1. The Balaban J connectivity index is 1.41. The van der Waals surface area contributed by atoms with E-state index in [0.717, 1.165) is 70.4 Å². The molecule has 0 spiro atoms. The Bertz CT molecular complexity index is 1630. The summed E-state index contributed by atoms with van der Waals surface area (Å²) in [6.45, 7) is 11.3. The number of anilines is 1. The highest BCUT2D eigenvalue weighted by molar-refractivity contribution is 6.35. The molecule has 0 saturated heterocycles. The number of aryl methyl sites for hydroxylation is 1. The van der Waals surface area contributed by atoms with Crippen LogP contribution in [0, 0.1) is 13.8 Å². The van der Waals surface area contributed by atoms with Crippen LogP contribution in [0.3, 0.4) is 0 Å². The molecule has 0 atom stereocenters. The van der Waals surface area contributed by atoms with E-state index < -0.39 is 0 Å². The van der Waals surface area contributed by atoms with Crippen molar-refractivity contribution in [3.05, 3.63) is 82.9 Å². The topological polar surface area (TPSA) is 104 Å². The summed E-state index contributed by atoms with van der Waals surface area (Å²) >= 11 is 0. The van der Waals surface area contributed by atoms with Crippen molar-refractivity contribution < 1.29 is 14.3 Å². The second-order valence-corrected chi connectivity index (χ2v) is 10.1. The van der Waals surface area contributed by atoms with E-state index in [9.17, 15) is 9.59 Å². The maximum Gasteiger partial charge on any atom is 0.256 e. The summed E-state index contributed by atoms with van der Waals surface area (Å²) in [5.74, 6) is 0.465. The van der Waals surface area contributed by atoms with Gasteiger partial charge in [-0.2, -0.15) is 5.10 Å². The van der Waals surface area contributed by atoms with E-state index in [1.165, 1.54) is 0 Å². The maximum absolute atomic E-state index is 13.0. The average molecular weight is 553 g/mol. The number of benzene rings is 2. The highest BCUT2D eigenvalue weighted by atomic mass is 16.5. The van der Waals surface area contributed by atoms with Crippen LogP contribution in [0.25, 0.3) is 28.5 Å². The van der Waals surface area contributed by atoms with Crippen LogP contribution in [0.1, 0.15) is 46.7 Å². The Kier molecular flexibility index (Phi) is 8.07. The first kappa shape index (κ1) is 27.9. The highest BCUT2D eigenvalue weighted by Gasteiger charge is 2.26. The fourth-order valence-electron chi connectivity index (χ4n) is 5.24. The molecule has 2 amide bonds. The number of nitrogens with zero attached hydrogens (tertiary/aromatic N) is 3. The summed E-state index contributed by atoms with van der Waals surface area (Å²) in [5, 5.41) is 10.5. The van der Waals surface area contributed by atoms with Gasteiger partial charge in [0.25, 0.3) is 11.8 Å². The second kappa shape index (κ2) is 11.9. The number of aromatic amines is 1. The van der Waals surface area contributed by atoms with E-state index in [1.54, 1.807) is 18.0 Å². The van der Waals surface area contributed by atoms with E-state index in [2.05, 4.69) is 39.5 Å². The van der Waals surface area contributed by atoms with Gasteiger partial charge in [0, 0.05) is 53.6 Å².